The van der Waals surface area contributed by atoms with Crippen molar-refractivity contribution in [3.05, 3.63) is 29.8 Å². The summed E-state index contributed by atoms with van der Waals surface area (Å²) in [5.74, 6) is 0. The molecular weight excluding hydrogens is 130 g/mol. The van der Waals surface area contributed by atoms with Crippen LogP contribution in [0.2, 0.25) is 0 Å². The molecule has 0 saturated heterocycles. The summed E-state index contributed by atoms with van der Waals surface area (Å²) in [4.78, 5) is 10.2. The molecule has 0 bridgehead atoms. The second-order valence-electron chi connectivity index (χ2n) is 1.81. The van der Waals surface area contributed by atoms with Gasteiger partial charge >= 0.3 is 0 Å². The Kier molecular flexibility index (Phi) is 2.02. The van der Waals surface area contributed by atoms with Crippen molar-refractivity contribution in [3.63, 3.8) is 0 Å². The van der Waals surface area contributed by atoms with Crippen LogP contribution in [0, 0.1) is 0 Å². The van der Waals surface area contributed by atoms with Crippen LogP contribution in [-0.2, 0) is 5.21 Å². The Morgan fingerprint density at radius 2 is 2.00 bits per heavy atom. The lowest BCUT2D eigenvalue weighted by Gasteiger charge is -1.97. The third-order valence-electron chi connectivity index (χ3n) is 1.20. The summed E-state index contributed by atoms with van der Waals surface area (Å²) in [5, 5.41) is 10.1. The summed E-state index contributed by atoms with van der Waals surface area (Å²) in [7, 11) is 0. The number of carbonyl (C=O) groups excluding carboxylic acids is 1. The van der Waals surface area contributed by atoms with Gasteiger partial charge in [-0.2, -0.15) is 0 Å². The van der Waals surface area contributed by atoms with E-state index in [9.17, 15) is 10.0 Å². The highest BCUT2D eigenvalue weighted by atomic mass is 16.5. The molecule has 1 aromatic rings. The first-order chi connectivity index (χ1) is 4.88. The molecule has 51 valence electrons. The van der Waals surface area contributed by atoms with Crippen molar-refractivity contribution in [3.8, 4) is 0 Å². The Bertz CT molecular complexity index is 235. The minimum Gasteiger partial charge on any atom is -0.298 e. The van der Waals surface area contributed by atoms with Gasteiger partial charge in [0, 0.05) is 5.56 Å². The Hall–Kier alpha value is -1.35. The summed E-state index contributed by atoms with van der Waals surface area (Å²) in [5.41, 5.74) is 2.37. The largest absolute Gasteiger partial charge is 0.298 e. The smallest absolute Gasteiger partial charge is 0.152 e. The van der Waals surface area contributed by atoms with Crippen LogP contribution in [0.4, 0.5) is 5.69 Å². The van der Waals surface area contributed by atoms with Gasteiger partial charge in [-0.1, -0.05) is 17.3 Å². The molecule has 10 heavy (non-hydrogen) atoms. The minimum atomic E-state index is 0.317. The highest BCUT2D eigenvalue weighted by Crippen LogP contribution is 2.10. The number of para-hydroxylation sites is 1. The maximum Gasteiger partial charge on any atom is 0.152 e. The molecular formula is C7H6NO2. The number of carbonyl (C=O) groups is 1. The van der Waals surface area contributed by atoms with E-state index >= 15 is 0 Å². The lowest BCUT2D eigenvalue weighted by molar-refractivity contribution is 0.112. The Labute approximate surface area is 58.3 Å². The van der Waals surface area contributed by atoms with Crippen LogP contribution in [0.15, 0.2) is 24.3 Å². The van der Waals surface area contributed by atoms with Crippen LogP contribution < -0.4 is 5.48 Å². The van der Waals surface area contributed by atoms with Crippen molar-refractivity contribution in [2.24, 2.45) is 0 Å². The molecule has 0 amide bonds. The fourth-order valence-corrected chi connectivity index (χ4v) is 0.693. The molecule has 0 spiro atoms. The van der Waals surface area contributed by atoms with Crippen LogP contribution in [0.25, 0.3) is 0 Å². The summed E-state index contributed by atoms with van der Waals surface area (Å²) >= 11 is 0. The first kappa shape index (κ1) is 6.77. The Morgan fingerprint density at radius 1 is 1.30 bits per heavy atom. The third kappa shape index (κ3) is 1.14. The Balaban J connectivity index is 3.08. The van der Waals surface area contributed by atoms with Gasteiger partial charge in [-0.05, 0) is 12.1 Å². The molecule has 0 saturated carbocycles. The molecule has 0 aromatic heterocycles. The zero-order valence-electron chi connectivity index (χ0n) is 5.20. The van der Waals surface area contributed by atoms with Crippen LogP contribution in [0.3, 0.4) is 0 Å². The summed E-state index contributed by atoms with van der Waals surface area (Å²) in [6, 6.07) is 6.52. The molecule has 0 aliphatic carbocycles. The molecule has 1 N–H and O–H groups in total. The van der Waals surface area contributed by atoms with E-state index in [0.717, 1.165) is 0 Å². The van der Waals surface area contributed by atoms with Gasteiger partial charge in [-0.25, -0.2) is 5.48 Å². The number of rotatable bonds is 2. The Morgan fingerprint density at radius 3 is 2.50 bits per heavy atom. The van der Waals surface area contributed by atoms with Gasteiger partial charge < -0.3 is 0 Å². The summed E-state index contributed by atoms with van der Waals surface area (Å²) in [6.45, 7) is 0. The van der Waals surface area contributed by atoms with E-state index in [-0.39, 0.29) is 0 Å². The average molecular weight is 136 g/mol. The molecule has 3 heteroatoms. The number of anilines is 1. The molecule has 1 rings (SSSR count). The van der Waals surface area contributed by atoms with Gasteiger partial charge in [0.05, 0.1) is 5.69 Å². The van der Waals surface area contributed by atoms with Gasteiger partial charge in [0.2, 0.25) is 0 Å². The van der Waals surface area contributed by atoms with E-state index in [2.05, 4.69) is 0 Å². The molecule has 0 heterocycles. The molecule has 0 unspecified atom stereocenters. The number of benzene rings is 1. The normalized spacial score (nSPS) is 8.90. The number of hydrogen-bond donors (Lipinski definition) is 1. The quantitative estimate of drug-likeness (QED) is 0.491. The van der Waals surface area contributed by atoms with E-state index in [1.165, 1.54) is 0 Å². The van der Waals surface area contributed by atoms with Gasteiger partial charge in [0.1, 0.15) is 0 Å². The number of nitrogens with one attached hydrogen (secondary N) is 1. The van der Waals surface area contributed by atoms with Crippen molar-refractivity contribution in [1.29, 1.82) is 0 Å². The van der Waals surface area contributed by atoms with E-state index in [4.69, 9.17) is 0 Å². The lowest BCUT2D eigenvalue weighted by Crippen LogP contribution is -1.91. The topological polar surface area (TPSA) is 49.0 Å². The third-order valence-corrected chi connectivity index (χ3v) is 1.20. The maximum atomic E-state index is 10.2. The molecule has 0 aliphatic rings. The predicted octanol–water partition coefficient (Wildman–Crippen LogP) is 1.26. The van der Waals surface area contributed by atoms with Crippen molar-refractivity contribution in [1.82, 2.24) is 0 Å². The number of hydrogen-bond acceptors (Lipinski definition) is 2. The van der Waals surface area contributed by atoms with Crippen molar-refractivity contribution in [2.45, 2.75) is 0 Å². The highest BCUT2D eigenvalue weighted by Gasteiger charge is 1.96. The van der Waals surface area contributed by atoms with Gasteiger partial charge in [0.15, 0.2) is 6.29 Å². The zero-order valence-corrected chi connectivity index (χ0v) is 5.20. The standard InChI is InChI=1S/C7H6NO2/c9-5-6-3-1-2-4-7(6)8-10/h1-5,8H. The molecule has 0 atom stereocenters. The van der Waals surface area contributed by atoms with Crippen molar-refractivity contribution >= 4 is 12.0 Å². The zero-order chi connectivity index (χ0) is 7.40. The van der Waals surface area contributed by atoms with Crippen molar-refractivity contribution in [2.75, 3.05) is 5.48 Å². The fourth-order valence-electron chi connectivity index (χ4n) is 0.693. The lowest BCUT2D eigenvalue weighted by atomic mass is 10.2. The average Bonchev–Trinajstić information content (AvgIpc) is 2.04. The minimum absolute atomic E-state index is 0.317. The molecule has 0 fully saturated rings. The van der Waals surface area contributed by atoms with E-state index in [0.29, 0.717) is 17.5 Å². The molecule has 0 aliphatic heterocycles. The molecule has 1 radical (unpaired) electrons. The van der Waals surface area contributed by atoms with E-state index in [1.807, 2.05) is 0 Å². The molecule has 3 nitrogen and oxygen atoms in total. The van der Waals surface area contributed by atoms with Gasteiger partial charge in [0.25, 0.3) is 0 Å². The number of aldehydes is 1. The fraction of sp³-hybridized carbons (Fsp3) is 0. The van der Waals surface area contributed by atoms with Crippen LogP contribution in [0.5, 0.6) is 0 Å². The second-order valence-corrected chi connectivity index (χ2v) is 1.81. The van der Waals surface area contributed by atoms with Crippen molar-refractivity contribution < 1.29 is 10.0 Å². The first-order valence-electron chi connectivity index (χ1n) is 2.81. The second kappa shape index (κ2) is 2.98. The highest BCUT2D eigenvalue weighted by molar-refractivity contribution is 5.83. The van der Waals surface area contributed by atoms with E-state index in [1.54, 1.807) is 29.7 Å². The van der Waals surface area contributed by atoms with Crippen LogP contribution in [0.1, 0.15) is 10.4 Å². The SMILES string of the molecule is [O]Nc1ccccc1C=O. The maximum absolute atomic E-state index is 10.2. The van der Waals surface area contributed by atoms with Crippen LogP contribution >= 0.6 is 0 Å². The van der Waals surface area contributed by atoms with E-state index < -0.39 is 0 Å². The first-order valence-corrected chi connectivity index (χ1v) is 2.81. The van der Waals surface area contributed by atoms with Gasteiger partial charge in [-0.15, -0.1) is 0 Å². The van der Waals surface area contributed by atoms with Crippen LogP contribution in [-0.4, -0.2) is 6.29 Å². The van der Waals surface area contributed by atoms with Gasteiger partial charge in [-0.3, -0.25) is 4.79 Å². The monoisotopic (exact) mass is 136 g/mol. The molecule has 1 aromatic carbocycles. The summed E-state index contributed by atoms with van der Waals surface area (Å²) < 4.78 is 0. The summed E-state index contributed by atoms with van der Waals surface area (Å²) in [6.07, 6.45) is 0.639. The predicted molar refractivity (Wildman–Crippen MR) is 36.1 cm³/mol.